The highest BCUT2D eigenvalue weighted by Gasteiger charge is 2.24. The number of carbonyl (C=O) groups is 2. The van der Waals surface area contributed by atoms with Crippen LogP contribution in [-0.2, 0) is 22.6 Å². The molecule has 0 aliphatic carbocycles. The maximum absolute atomic E-state index is 12.6. The van der Waals surface area contributed by atoms with Crippen LogP contribution in [0.2, 0.25) is 0 Å². The number of hydrogen-bond donors (Lipinski definition) is 0. The van der Waals surface area contributed by atoms with E-state index in [-0.39, 0.29) is 29.0 Å². The summed E-state index contributed by atoms with van der Waals surface area (Å²) in [5.74, 6) is -0.114. The number of nitro benzene ring substituents is 1. The normalized spacial score (nSPS) is 13.4. The van der Waals surface area contributed by atoms with Crippen molar-refractivity contribution in [1.82, 2.24) is 4.57 Å². The van der Waals surface area contributed by atoms with Crippen molar-refractivity contribution in [2.24, 2.45) is 4.99 Å². The lowest BCUT2D eigenvalue weighted by Gasteiger charge is -2.16. The number of fused-ring (bicyclic) bond motifs is 2. The summed E-state index contributed by atoms with van der Waals surface area (Å²) in [6.45, 7) is 4.81. The number of carbonyl (C=O) groups excluding carboxylic acids is 2. The third-order valence-electron chi connectivity index (χ3n) is 5.05. The summed E-state index contributed by atoms with van der Waals surface area (Å²) in [6, 6.07) is 12.4. The molecule has 0 unspecified atom stereocenters. The van der Waals surface area contributed by atoms with Crippen LogP contribution in [-0.4, -0.2) is 39.4 Å². The number of nitrogens with zero attached hydrogens (tertiary/aromatic N) is 4. The van der Waals surface area contributed by atoms with Crippen molar-refractivity contribution in [1.29, 1.82) is 0 Å². The van der Waals surface area contributed by atoms with E-state index in [0.29, 0.717) is 22.6 Å². The van der Waals surface area contributed by atoms with E-state index >= 15 is 0 Å². The number of hydrogen-bond acceptors (Lipinski definition) is 6. The molecule has 10 heteroatoms. The molecule has 0 radical (unpaired) electrons. The summed E-state index contributed by atoms with van der Waals surface area (Å²) in [5, 5.41) is 11.1. The predicted molar refractivity (Wildman–Crippen MR) is 127 cm³/mol. The lowest BCUT2D eigenvalue weighted by Crippen LogP contribution is -2.30. The molecular formula is C22H20N4O4S2. The highest BCUT2D eigenvalue weighted by molar-refractivity contribution is 8.00. The van der Waals surface area contributed by atoms with Crippen LogP contribution >= 0.6 is 23.1 Å². The molecule has 3 aromatic rings. The average molecular weight is 469 g/mol. The molecule has 0 saturated heterocycles. The highest BCUT2D eigenvalue weighted by Crippen LogP contribution is 2.28. The van der Waals surface area contributed by atoms with E-state index in [1.165, 1.54) is 35.2 Å². The summed E-state index contributed by atoms with van der Waals surface area (Å²) >= 11 is 2.45. The van der Waals surface area contributed by atoms with E-state index in [4.69, 9.17) is 0 Å². The van der Waals surface area contributed by atoms with Crippen molar-refractivity contribution in [3.05, 3.63) is 75.6 Å². The van der Waals surface area contributed by atoms with E-state index in [2.05, 4.69) is 11.6 Å². The van der Waals surface area contributed by atoms with Gasteiger partial charge in [0.05, 0.1) is 26.6 Å². The zero-order chi connectivity index (χ0) is 22.7. The molecule has 0 bridgehead atoms. The van der Waals surface area contributed by atoms with Gasteiger partial charge in [0, 0.05) is 30.9 Å². The third-order valence-corrected chi connectivity index (χ3v) is 6.99. The van der Waals surface area contributed by atoms with Gasteiger partial charge in [-0.1, -0.05) is 35.6 Å². The molecule has 4 rings (SSSR count). The van der Waals surface area contributed by atoms with Crippen LogP contribution in [0.25, 0.3) is 10.2 Å². The number of anilines is 1. The smallest absolute Gasteiger partial charge is 0.270 e. The number of benzene rings is 2. The van der Waals surface area contributed by atoms with E-state index in [0.717, 1.165) is 23.2 Å². The molecule has 1 aromatic heterocycles. The first-order valence-electron chi connectivity index (χ1n) is 9.90. The monoisotopic (exact) mass is 468 g/mol. The molecule has 0 saturated carbocycles. The SMILES string of the molecule is C=CCn1c(=NC(=O)CSCC(=O)N2CCc3ccccc32)sc2cc([N+](=O)[O-])ccc21. The fourth-order valence-corrected chi connectivity index (χ4v) is 5.37. The second-order valence-corrected chi connectivity index (χ2v) is 9.11. The lowest BCUT2D eigenvalue weighted by molar-refractivity contribution is -0.384. The number of nitro groups is 1. The highest BCUT2D eigenvalue weighted by atomic mass is 32.2. The fourth-order valence-electron chi connectivity index (χ4n) is 3.61. The van der Waals surface area contributed by atoms with Gasteiger partial charge in [-0.2, -0.15) is 4.99 Å². The Bertz CT molecular complexity index is 1290. The van der Waals surface area contributed by atoms with Gasteiger partial charge in [-0.05, 0) is 24.1 Å². The Morgan fingerprint density at radius 2 is 2.06 bits per heavy atom. The third kappa shape index (κ3) is 4.51. The lowest BCUT2D eigenvalue weighted by atomic mass is 10.2. The molecule has 2 amide bonds. The summed E-state index contributed by atoms with van der Waals surface area (Å²) in [7, 11) is 0. The van der Waals surface area contributed by atoms with E-state index in [1.807, 2.05) is 24.3 Å². The van der Waals surface area contributed by atoms with Crippen molar-refractivity contribution in [2.75, 3.05) is 23.0 Å². The van der Waals surface area contributed by atoms with E-state index < -0.39 is 4.92 Å². The minimum atomic E-state index is -0.453. The van der Waals surface area contributed by atoms with Crippen molar-refractivity contribution in [3.8, 4) is 0 Å². The molecule has 0 spiro atoms. The van der Waals surface area contributed by atoms with Crippen molar-refractivity contribution < 1.29 is 14.5 Å². The fraction of sp³-hybridized carbons (Fsp3) is 0.227. The van der Waals surface area contributed by atoms with Gasteiger partial charge in [-0.15, -0.1) is 18.3 Å². The average Bonchev–Trinajstić information content (AvgIpc) is 3.35. The maximum Gasteiger partial charge on any atom is 0.270 e. The topological polar surface area (TPSA) is 97.8 Å². The van der Waals surface area contributed by atoms with Crippen LogP contribution < -0.4 is 9.70 Å². The summed E-state index contributed by atoms with van der Waals surface area (Å²) in [6.07, 6.45) is 2.52. The number of para-hydroxylation sites is 1. The zero-order valence-corrected chi connectivity index (χ0v) is 18.7. The number of thioether (sulfide) groups is 1. The first-order valence-corrected chi connectivity index (χ1v) is 11.9. The zero-order valence-electron chi connectivity index (χ0n) is 17.1. The van der Waals surface area contributed by atoms with Gasteiger partial charge < -0.3 is 9.47 Å². The number of thiazole rings is 1. The second-order valence-electron chi connectivity index (χ2n) is 7.12. The molecule has 8 nitrogen and oxygen atoms in total. The predicted octanol–water partition coefficient (Wildman–Crippen LogP) is 3.55. The van der Waals surface area contributed by atoms with E-state index in [9.17, 15) is 19.7 Å². The number of allylic oxidation sites excluding steroid dienone is 1. The molecule has 2 heterocycles. The number of aromatic nitrogens is 1. The van der Waals surface area contributed by atoms with Gasteiger partial charge >= 0.3 is 0 Å². The summed E-state index contributed by atoms with van der Waals surface area (Å²) in [5.41, 5.74) is 2.84. The standard InChI is InChI=1S/C22H20N4O4S2/c1-2-10-25-18-8-7-16(26(29)30)12-19(18)32-22(25)23-20(27)13-31-14-21(28)24-11-9-15-5-3-4-6-17(15)24/h2-8,12H,1,9-11,13-14H2. The van der Waals surface area contributed by atoms with Crippen LogP contribution in [0.4, 0.5) is 11.4 Å². The van der Waals surface area contributed by atoms with Crippen LogP contribution in [0.3, 0.4) is 0 Å². The number of non-ortho nitro benzene ring substituents is 1. The van der Waals surface area contributed by atoms with Crippen LogP contribution in [0.5, 0.6) is 0 Å². The Kier molecular flexibility index (Phi) is 6.52. The van der Waals surface area contributed by atoms with Gasteiger partial charge in [-0.3, -0.25) is 19.7 Å². The molecule has 1 aliphatic heterocycles. The molecule has 164 valence electrons. The Morgan fingerprint density at radius 3 is 2.84 bits per heavy atom. The first kappa shape index (κ1) is 22.0. The maximum atomic E-state index is 12.6. The van der Waals surface area contributed by atoms with Crippen molar-refractivity contribution in [2.45, 2.75) is 13.0 Å². The van der Waals surface area contributed by atoms with Gasteiger partial charge in [0.25, 0.3) is 11.6 Å². The second kappa shape index (κ2) is 9.49. The minimum absolute atomic E-state index is 0.0140. The van der Waals surface area contributed by atoms with Crippen LogP contribution in [0, 0.1) is 10.1 Å². The van der Waals surface area contributed by atoms with Crippen LogP contribution in [0.1, 0.15) is 5.56 Å². The molecule has 0 atom stereocenters. The van der Waals surface area contributed by atoms with Crippen molar-refractivity contribution >= 4 is 56.5 Å². The minimum Gasteiger partial charge on any atom is -0.312 e. The largest absolute Gasteiger partial charge is 0.312 e. The van der Waals surface area contributed by atoms with Gasteiger partial charge in [0.2, 0.25) is 5.91 Å². The first-order chi connectivity index (χ1) is 15.5. The van der Waals surface area contributed by atoms with Gasteiger partial charge in [-0.25, -0.2) is 0 Å². The Balaban J connectivity index is 1.45. The quantitative estimate of drug-likeness (QED) is 0.300. The number of amides is 2. The van der Waals surface area contributed by atoms with Crippen molar-refractivity contribution in [3.63, 3.8) is 0 Å². The Hall–Kier alpha value is -3.24. The Labute approximate surface area is 192 Å². The molecule has 0 fully saturated rings. The molecular weight excluding hydrogens is 448 g/mol. The van der Waals surface area contributed by atoms with Crippen LogP contribution in [0.15, 0.2) is 60.1 Å². The molecule has 2 aromatic carbocycles. The molecule has 32 heavy (non-hydrogen) atoms. The summed E-state index contributed by atoms with van der Waals surface area (Å²) < 4.78 is 2.47. The van der Waals surface area contributed by atoms with E-state index in [1.54, 1.807) is 21.6 Å². The summed E-state index contributed by atoms with van der Waals surface area (Å²) in [4.78, 5) is 42.1. The van der Waals surface area contributed by atoms with Gasteiger partial charge in [0.15, 0.2) is 4.80 Å². The Morgan fingerprint density at radius 1 is 1.25 bits per heavy atom. The van der Waals surface area contributed by atoms with Gasteiger partial charge in [0.1, 0.15) is 0 Å². The number of rotatable bonds is 7. The molecule has 0 N–H and O–H groups in total. The molecule has 1 aliphatic rings.